The largest absolute Gasteiger partial charge is 0.323 e. The van der Waals surface area contributed by atoms with Crippen molar-refractivity contribution in [1.82, 2.24) is 4.90 Å². The second kappa shape index (κ2) is 4.14. The van der Waals surface area contributed by atoms with Crippen LogP contribution >= 0.6 is 0 Å². The monoisotopic (exact) mass is 227 g/mol. The molecule has 0 radical (unpaired) electrons. The molecule has 1 aromatic carbocycles. The van der Waals surface area contributed by atoms with Gasteiger partial charge in [0.05, 0.1) is 11.6 Å². The Morgan fingerprint density at radius 2 is 2.24 bits per heavy atom. The molecule has 0 aliphatic carbocycles. The minimum Gasteiger partial charge on any atom is -0.323 e. The van der Waals surface area contributed by atoms with Crippen molar-refractivity contribution >= 4 is 0 Å². The highest BCUT2D eigenvalue weighted by molar-refractivity contribution is 5.46. The van der Waals surface area contributed by atoms with Crippen LogP contribution in [-0.2, 0) is 6.54 Å². The van der Waals surface area contributed by atoms with Gasteiger partial charge in [-0.25, -0.2) is 0 Å². The van der Waals surface area contributed by atoms with E-state index in [0.717, 1.165) is 24.2 Å². The summed E-state index contributed by atoms with van der Waals surface area (Å²) in [6, 6.07) is 8.69. The highest BCUT2D eigenvalue weighted by Gasteiger charge is 2.35. The molecule has 0 aromatic heterocycles. The van der Waals surface area contributed by atoms with Crippen molar-refractivity contribution in [2.24, 2.45) is 5.73 Å². The predicted octanol–water partition coefficient (Wildman–Crippen LogP) is 1.93. The average Bonchev–Trinajstić information content (AvgIpc) is 2.38. The lowest BCUT2D eigenvalue weighted by molar-refractivity contribution is 0.104. The molecule has 3 heteroatoms. The third-order valence-corrected chi connectivity index (χ3v) is 4.10. The molecule has 3 nitrogen and oxygen atoms in total. The lowest BCUT2D eigenvalue weighted by atomic mass is 9.82. The van der Waals surface area contributed by atoms with Crippen molar-refractivity contribution in [3.05, 3.63) is 34.9 Å². The fourth-order valence-electron chi connectivity index (χ4n) is 3.27. The van der Waals surface area contributed by atoms with E-state index in [9.17, 15) is 5.26 Å². The van der Waals surface area contributed by atoms with Gasteiger partial charge in [-0.3, -0.25) is 4.90 Å². The maximum Gasteiger partial charge on any atom is 0.0995 e. The Morgan fingerprint density at radius 3 is 3.06 bits per heavy atom. The van der Waals surface area contributed by atoms with Crippen molar-refractivity contribution in [2.45, 2.75) is 37.9 Å². The van der Waals surface area contributed by atoms with Gasteiger partial charge in [0.1, 0.15) is 0 Å². The Morgan fingerprint density at radius 1 is 1.35 bits per heavy atom. The van der Waals surface area contributed by atoms with Gasteiger partial charge in [0, 0.05) is 18.6 Å². The van der Waals surface area contributed by atoms with Crippen LogP contribution in [0.2, 0.25) is 0 Å². The van der Waals surface area contributed by atoms with Crippen molar-refractivity contribution in [1.29, 1.82) is 5.26 Å². The summed E-state index contributed by atoms with van der Waals surface area (Å²) >= 11 is 0. The van der Waals surface area contributed by atoms with Crippen molar-refractivity contribution < 1.29 is 0 Å². The first-order chi connectivity index (χ1) is 8.31. The van der Waals surface area contributed by atoms with E-state index in [-0.39, 0.29) is 6.04 Å². The number of piperidine rings is 1. The zero-order chi connectivity index (χ0) is 11.8. The van der Waals surface area contributed by atoms with Crippen LogP contribution in [-0.4, -0.2) is 17.5 Å². The van der Waals surface area contributed by atoms with Gasteiger partial charge in [0.25, 0.3) is 0 Å². The summed E-state index contributed by atoms with van der Waals surface area (Å²) in [5.41, 5.74) is 9.49. The quantitative estimate of drug-likeness (QED) is 0.736. The minimum absolute atomic E-state index is 0.00917. The molecule has 1 aromatic rings. The first kappa shape index (κ1) is 10.8. The molecular weight excluding hydrogens is 210 g/mol. The molecule has 1 fully saturated rings. The summed E-state index contributed by atoms with van der Waals surface area (Å²) in [5.74, 6) is 0. The Bertz CT molecular complexity index is 475. The fourth-order valence-corrected chi connectivity index (χ4v) is 3.27. The van der Waals surface area contributed by atoms with Crippen LogP contribution in [0.4, 0.5) is 0 Å². The van der Waals surface area contributed by atoms with E-state index in [1.165, 1.54) is 24.8 Å². The molecule has 3 rings (SSSR count). The topological polar surface area (TPSA) is 53.1 Å². The summed E-state index contributed by atoms with van der Waals surface area (Å²) in [4.78, 5) is 2.48. The molecule has 2 aliphatic rings. The normalized spacial score (nSPS) is 28.0. The molecule has 1 saturated heterocycles. The zero-order valence-electron chi connectivity index (χ0n) is 9.89. The predicted molar refractivity (Wildman–Crippen MR) is 66.1 cm³/mol. The first-order valence-electron chi connectivity index (χ1n) is 6.33. The summed E-state index contributed by atoms with van der Waals surface area (Å²) in [7, 11) is 0. The number of nitrogens with two attached hydrogens (primary N) is 1. The Kier molecular flexibility index (Phi) is 2.62. The summed E-state index contributed by atoms with van der Waals surface area (Å²) in [6.07, 6.45) is 3.70. The van der Waals surface area contributed by atoms with Crippen molar-refractivity contribution in [3.8, 4) is 6.07 Å². The molecule has 0 saturated carbocycles. The van der Waals surface area contributed by atoms with E-state index in [1.807, 2.05) is 12.1 Å². The molecule has 2 N–H and O–H groups in total. The molecule has 2 heterocycles. The standard InChI is InChI=1S/C14H17N3/c15-8-10-4-3-5-11-9-17-7-2-1-6-12(17)14(16)13(10)11/h3-5,12,14H,1-2,6-7,9,16H2. The molecule has 2 aliphatic heterocycles. The van der Waals surface area contributed by atoms with E-state index in [4.69, 9.17) is 5.73 Å². The number of rotatable bonds is 0. The third-order valence-electron chi connectivity index (χ3n) is 4.10. The first-order valence-corrected chi connectivity index (χ1v) is 6.33. The molecule has 0 spiro atoms. The zero-order valence-corrected chi connectivity index (χ0v) is 9.89. The van der Waals surface area contributed by atoms with Gasteiger partial charge < -0.3 is 5.73 Å². The number of benzene rings is 1. The van der Waals surface area contributed by atoms with E-state index in [1.54, 1.807) is 0 Å². The Balaban J connectivity index is 2.07. The Hall–Kier alpha value is -1.37. The van der Waals surface area contributed by atoms with Gasteiger partial charge in [0.15, 0.2) is 0 Å². The van der Waals surface area contributed by atoms with Crippen LogP contribution in [0.15, 0.2) is 18.2 Å². The van der Waals surface area contributed by atoms with E-state index in [2.05, 4.69) is 17.0 Å². The molecular formula is C14H17N3. The molecule has 0 bridgehead atoms. The van der Waals surface area contributed by atoms with Gasteiger partial charge >= 0.3 is 0 Å². The molecule has 17 heavy (non-hydrogen) atoms. The van der Waals surface area contributed by atoms with Crippen molar-refractivity contribution in [3.63, 3.8) is 0 Å². The van der Waals surface area contributed by atoms with E-state index in [0.29, 0.717) is 6.04 Å². The van der Waals surface area contributed by atoms with Gasteiger partial charge in [-0.1, -0.05) is 18.6 Å². The van der Waals surface area contributed by atoms with Crippen LogP contribution in [0.1, 0.15) is 42.0 Å². The van der Waals surface area contributed by atoms with Gasteiger partial charge in [-0.2, -0.15) is 5.26 Å². The lowest BCUT2D eigenvalue weighted by Crippen LogP contribution is -2.49. The average molecular weight is 227 g/mol. The minimum atomic E-state index is 0.00917. The summed E-state index contributed by atoms with van der Waals surface area (Å²) in [6.45, 7) is 2.11. The second-order valence-electron chi connectivity index (χ2n) is 5.05. The summed E-state index contributed by atoms with van der Waals surface area (Å²) < 4.78 is 0. The van der Waals surface area contributed by atoms with E-state index >= 15 is 0 Å². The van der Waals surface area contributed by atoms with Crippen LogP contribution in [0.25, 0.3) is 0 Å². The lowest BCUT2D eigenvalue weighted by Gasteiger charge is -2.44. The van der Waals surface area contributed by atoms with Crippen LogP contribution < -0.4 is 5.73 Å². The maximum absolute atomic E-state index is 9.19. The maximum atomic E-state index is 9.19. The van der Waals surface area contributed by atoms with Crippen LogP contribution in [0.5, 0.6) is 0 Å². The van der Waals surface area contributed by atoms with E-state index < -0.39 is 0 Å². The highest BCUT2D eigenvalue weighted by atomic mass is 15.2. The third kappa shape index (κ3) is 1.65. The second-order valence-corrected chi connectivity index (χ2v) is 5.05. The van der Waals surface area contributed by atoms with Crippen LogP contribution in [0.3, 0.4) is 0 Å². The van der Waals surface area contributed by atoms with Gasteiger partial charge in [0.2, 0.25) is 0 Å². The number of hydrogen-bond donors (Lipinski definition) is 1. The van der Waals surface area contributed by atoms with Gasteiger partial charge in [-0.15, -0.1) is 0 Å². The number of nitrogens with zero attached hydrogens (tertiary/aromatic N) is 2. The van der Waals surface area contributed by atoms with Crippen molar-refractivity contribution in [2.75, 3.05) is 6.54 Å². The summed E-state index contributed by atoms with van der Waals surface area (Å²) in [5, 5.41) is 9.19. The Labute approximate surface area is 102 Å². The number of hydrogen-bond acceptors (Lipinski definition) is 3. The SMILES string of the molecule is N#Cc1cccc2c1C(N)C1CCCCN1C2. The van der Waals surface area contributed by atoms with Crippen LogP contribution in [0, 0.1) is 11.3 Å². The highest BCUT2D eigenvalue weighted by Crippen LogP contribution is 2.36. The number of fused-ring (bicyclic) bond motifs is 2. The fraction of sp³-hybridized carbons (Fsp3) is 0.500. The molecule has 0 amide bonds. The van der Waals surface area contributed by atoms with Gasteiger partial charge in [-0.05, 0) is 36.6 Å². The molecule has 88 valence electrons. The molecule has 2 unspecified atom stereocenters. The molecule has 2 atom stereocenters. The number of nitriles is 1. The smallest absolute Gasteiger partial charge is 0.0995 e.